The average Bonchev–Trinajstić information content (AvgIpc) is 2.38. The zero-order chi connectivity index (χ0) is 13.2. The van der Waals surface area contributed by atoms with Crippen molar-refractivity contribution in [2.45, 2.75) is 12.2 Å². The molecule has 0 spiro atoms. The first kappa shape index (κ1) is 12.8. The Balaban J connectivity index is 2.58. The summed E-state index contributed by atoms with van der Waals surface area (Å²) < 4.78 is 23.4. The molecule has 2 rings (SSSR count). The van der Waals surface area contributed by atoms with Crippen LogP contribution in [0.4, 0.5) is 0 Å². The molecule has 2 aromatic rings. The van der Waals surface area contributed by atoms with Gasteiger partial charge in [0, 0.05) is 6.26 Å². The van der Waals surface area contributed by atoms with Crippen LogP contribution >= 0.6 is 0 Å². The van der Waals surface area contributed by atoms with E-state index in [-0.39, 0.29) is 0 Å². The highest BCUT2D eigenvalue weighted by Gasteiger charge is 2.20. The van der Waals surface area contributed by atoms with Crippen LogP contribution in [0.5, 0.6) is 0 Å². The van der Waals surface area contributed by atoms with Crippen LogP contribution in [0, 0.1) is 0 Å². The van der Waals surface area contributed by atoms with Gasteiger partial charge in [0.25, 0.3) is 0 Å². The van der Waals surface area contributed by atoms with E-state index in [0.717, 1.165) is 16.7 Å². The number of rotatable bonds is 3. The molecule has 2 aromatic carbocycles. The first-order valence-corrected chi connectivity index (χ1v) is 7.79. The van der Waals surface area contributed by atoms with Gasteiger partial charge in [-0.25, -0.2) is 8.42 Å². The lowest BCUT2D eigenvalue weighted by molar-refractivity contribution is 0.592. The molecule has 1 unspecified atom stereocenters. The molecule has 0 saturated carbocycles. The van der Waals surface area contributed by atoms with Gasteiger partial charge in [-0.15, -0.1) is 0 Å². The lowest BCUT2D eigenvalue weighted by Gasteiger charge is -2.15. The summed E-state index contributed by atoms with van der Waals surface area (Å²) in [6, 6.07) is 17.5. The van der Waals surface area contributed by atoms with Gasteiger partial charge in [-0.05, 0) is 23.6 Å². The topological polar surface area (TPSA) is 34.1 Å². The molecule has 94 valence electrons. The summed E-state index contributed by atoms with van der Waals surface area (Å²) in [7, 11) is -3.09. The summed E-state index contributed by atoms with van der Waals surface area (Å²) in [5.74, 6) is 0. The molecular weight excluding hydrogens is 244 g/mol. The minimum Gasteiger partial charge on any atom is -0.229 e. The summed E-state index contributed by atoms with van der Waals surface area (Å²) in [6.45, 7) is 1.73. The van der Waals surface area contributed by atoms with Crippen molar-refractivity contribution in [2.75, 3.05) is 6.26 Å². The lowest BCUT2D eigenvalue weighted by Crippen LogP contribution is -2.08. The van der Waals surface area contributed by atoms with Crippen LogP contribution in [0.15, 0.2) is 54.6 Å². The van der Waals surface area contributed by atoms with Gasteiger partial charge in [-0.3, -0.25) is 0 Å². The maximum Gasteiger partial charge on any atom is 0.154 e. The minimum absolute atomic E-state index is 0.492. The van der Waals surface area contributed by atoms with Crippen LogP contribution in [0.25, 0.3) is 11.1 Å². The van der Waals surface area contributed by atoms with E-state index in [1.807, 2.05) is 54.6 Å². The summed E-state index contributed by atoms with van der Waals surface area (Å²) in [5, 5.41) is -0.492. The van der Waals surface area contributed by atoms with E-state index in [4.69, 9.17) is 0 Å². The molecule has 0 fully saturated rings. The molecule has 3 heteroatoms. The number of sulfone groups is 1. The van der Waals surface area contributed by atoms with Crippen molar-refractivity contribution in [1.82, 2.24) is 0 Å². The Labute approximate surface area is 108 Å². The molecule has 0 aromatic heterocycles. The van der Waals surface area contributed by atoms with Crippen molar-refractivity contribution >= 4 is 9.84 Å². The van der Waals surface area contributed by atoms with Gasteiger partial charge in [0.05, 0.1) is 5.25 Å². The molecule has 0 N–H and O–H groups in total. The van der Waals surface area contributed by atoms with Gasteiger partial charge >= 0.3 is 0 Å². The highest BCUT2D eigenvalue weighted by atomic mass is 32.2. The molecule has 0 aliphatic heterocycles. The van der Waals surface area contributed by atoms with E-state index in [9.17, 15) is 8.42 Å². The normalized spacial score (nSPS) is 13.2. The Hall–Kier alpha value is -1.61. The van der Waals surface area contributed by atoms with E-state index < -0.39 is 15.1 Å². The Kier molecular flexibility index (Phi) is 3.53. The summed E-state index contributed by atoms with van der Waals surface area (Å²) in [5.41, 5.74) is 2.88. The van der Waals surface area contributed by atoms with E-state index in [2.05, 4.69) is 0 Å². The van der Waals surface area contributed by atoms with Crippen molar-refractivity contribution in [2.24, 2.45) is 0 Å². The zero-order valence-electron chi connectivity index (χ0n) is 10.5. The van der Waals surface area contributed by atoms with Gasteiger partial charge in [0.2, 0.25) is 0 Å². The van der Waals surface area contributed by atoms with Crippen molar-refractivity contribution in [3.63, 3.8) is 0 Å². The molecule has 0 aliphatic carbocycles. The fourth-order valence-corrected chi connectivity index (χ4v) is 2.63. The van der Waals surface area contributed by atoms with Gasteiger partial charge in [-0.1, -0.05) is 54.6 Å². The van der Waals surface area contributed by atoms with E-state index in [0.29, 0.717) is 0 Å². The highest BCUT2D eigenvalue weighted by Crippen LogP contribution is 2.31. The minimum atomic E-state index is -3.09. The average molecular weight is 260 g/mol. The summed E-state index contributed by atoms with van der Waals surface area (Å²) in [4.78, 5) is 0. The third-order valence-corrected chi connectivity index (χ3v) is 4.66. The second-order valence-corrected chi connectivity index (χ2v) is 6.79. The SMILES string of the molecule is CC(c1ccccc1-c1ccccc1)S(C)(=O)=O. The van der Waals surface area contributed by atoms with Gasteiger partial charge < -0.3 is 0 Å². The highest BCUT2D eigenvalue weighted by molar-refractivity contribution is 7.90. The third kappa shape index (κ3) is 2.62. The Morgan fingerprint density at radius 2 is 1.44 bits per heavy atom. The fraction of sp³-hybridized carbons (Fsp3) is 0.200. The Bertz CT molecular complexity index is 631. The number of hydrogen-bond donors (Lipinski definition) is 0. The summed E-state index contributed by atoms with van der Waals surface area (Å²) >= 11 is 0. The predicted octanol–water partition coefficient (Wildman–Crippen LogP) is 3.46. The third-order valence-electron chi connectivity index (χ3n) is 3.13. The maximum atomic E-state index is 11.7. The Morgan fingerprint density at radius 3 is 2.06 bits per heavy atom. The number of hydrogen-bond acceptors (Lipinski definition) is 2. The van der Waals surface area contributed by atoms with Crippen LogP contribution in [-0.4, -0.2) is 14.7 Å². The first-order valence-electron chi connectivity index (χ1n) is 5.83. The quantitative estimate of drug-likeness (QED) is 0.847. The second kappa shape index (κ2) is 4.94. The van der Waals surface area contributed by atoms with Crippen molar-refractivity contribution in [3.8, 4) is 11.1 Å². The summed E-state index contributed by atoms with van der Waals surface area (Å²) in [6.07, 6.45) is 1.28. The lowest BCUT2D eigenvalue weighted by atomic mass is 9.98. The molecule has 0 amide bonds. The van der Waals surface area contributed by atoms with Crippen LogP contribution in [0.2, 0.25) is 0 Å². The largest absolute Gasteiger partial charge is 0.229 e. The fourth-order valence-electron chi connectivity index (χ4n) is 1.96. The van der Waals surface area contributed by atoms with Crippen LogP contribution < -0.4 is 0 Å². The van der Waals surface area contributed by atoms with E-state index in [1.165, 1.54) is 6.26 Å². The maximum absolute atomic E-state index is 11.7. The van der Waals surface area contributed by atoms with Crippen LogP contribution in [-0.2, 0) is 9.84 Å². The molecule has 0 heterocycles. The van der Waals surface area contributed by atoms with Gasteiger partial charge in [-0.2, -0.15) is 0 Å². The van der Waals surface area contributed by atoms with Gasteiger partial charge in [0.1, 0.15) is 0 Å². The van der Waals surface area contributed by atoms with Crippen molar-refractivity contribution in [1.29, 1.82) is 0 Å². The molecule has 18 heavy (non-hydrogen) atoms. The second-order valence-electron chi connectivity index (χ2n) is 4.43. The predicted molar refractivity (Wildman–Crippen MR) is 75.1 cm³/mol. The van der Waals surface area contributed by atoms with Crippen molar-refractivity contribution < 1.29 is 8.42 Å². The molecule has 0 radical (unpaired) electrons. The number of benzene rings is 2. The zero-order valence-corrected chi connectivity index (χ0v) is 11.3. The standard InChI is InChI=1S/C15H16O2S/c1-12(18(2,16)17)14-10-6-7-11-15(14)13-8-4-3-5-9-13/h3-12H,1-2H3. The van der Waals surface area contributed by atoms with Gasteiger partial charge in [0.15, 0.2) is 9.84 Å². The molecule has 0 saturated heterocycles. The smallest absolute Gasteiger partial charge is 0.154 e. The molecule has 2 nitrogen and oxygen atoms in total. The first-order chi connectivity index (χ1) is 8.50. The van der Waals surface area contributed by atoms with E-state index in [1.54, 1.807) is 6.92 Å². The molecule has 0 bridgehead atoms. The van der Waals surface area contributed by atoms with Crippen LogP contribution in [0.1, 0.15) is 17.7 Å². The van der Waals surface area contributed by atoms with Crippen LogP contribution in [0.3, 0.4) is 0 Å². The van der Waals surface area contributed by atoms with Crippen molar-refractivity contribution in [3.05, 3.63) is 60.2 Å². The Morgan fingerprint density at radius 1 is 0.889 bits per heavy atom. The molecular formula is C15H16O2S. The van der Waals surface area contributed by atoms with E-state index >= 15 is 0 Å². The molecule has 1 atom stereocenters. The molecule has 0 aliphatic rings. The monoisotopic (exact) mass is 260 g/mol.